The minimum absolute atomic E-state index is 0.137. The van der Waals surface area contributed by atoms with Crippen molar-refractivity contribution in [2.45, 2.75) is 19.8 Å². The third-order valence-corrected chi connectivity index (χ3v) is 3.16. The standard InChI is InChI=1S/C17H18O3/c1-2-13-3-5-14(6-4-13)11-12-20-17(19)15-7-9-16(18)10-8-15/h3-10,18H,2,11-12H2,1H3. The van der Waals surface area contributed by atoms with Crippen molar-refractivity contribution in [2.24, 2.45) is 0 Å². The predicted octanol–water partition coefficient (Wildman–Crippen LogP) is 3.35. The van der Waals surface area contributed by atoms with Crippen LogP contribution in [0, 0.1) is 0 Å². The van der Waals surface area contributed by atoms with Crippen molar-refractivity contribution in [3.63, 3.8) is 0 Å². The summed E-state index contributed by atoms with van der Waals surface area (Å²) < 4.78 is 5.21. The molecule has 0 heterocycles. The van der Waals surface area contributed by atoms with Gasteiger partial charge in [0, 0.05) is 6.42 Å². The van der Waals surface area contributed by atoms with Crippen LogP contribution in [-0.2, 0) is 17.6 Å². The number of phenols is 1. The first-order valence-corrected chi connectivity index (χ1v) is 6.73. The zero-order valence-electron chi connectivity index (χ0n) is 11.5. The lowest BCUT2D eigenvalue weighted by atomic mass is 10.1. The van der Waals surface area contributed by atoms with Gasteiger partial charge in [-0.2, -0.15) is 0 Å². The van der Waals surface area contributed by atoms with Crippen molar-refractivity contribution < 1.29 is 14.6 Å². The molecule has 0 unspecified atom stereocenters. The Kier molecular flexibility index (Phi) is 4.77. The SMILES string of the molecule is CCc1ccc(CCOC(=O)c2ccc(O)cc2)cc1. The van der Waals surface area contributed by atoms with Crippen molar-refractivity contribution >= 4 is 5.97 Å². The molecule has 0 saturated heterocycles. The van der Waals surface area contributed by atoms with Gasteiger partial charge >= 0.3 is 5.97 Å². The Morgan fingerprint density at radius 1 is 1.00 bits per heavy atom. The van der Waals surface area contributed by atoms with E-state index in [4.69, 9.17) is 9.84 Å². The van der Waals surface area contributed by atoms with Crippen LogP contribution in [0.5, 0.6) is 5.75 Å². The molecule has 104 valence electrons. The highest BCUT2D eigenvalue weighted by Gasteiger charge is 2.06. The number of hydrogen-bond acceptors (Lipinski definition) is 3. The van der Waals surface area contributed by atoms with Gasteiger partial charge in [-0.25, -0.2) is 4.79 Å². The summed E-state index contributed by atoms with van der Waals surface area (Å²) in [5.74, 6) is -0.229. The van der Waals surface area contributed by atoms with Crippen molar-refractivity contribution in [1.82, 2.24) is 0 Å². The number of ether oxygens (including phenoxy) is 1. The second-order valence-corrected chi connectivity index (χ2v) is 4.60. The molecule has 20 heavy (non-hydrogen) atoms. The van der Waals surface area contributed by atoms with Gasteiger partial charge in [0.1, 0.15) is 5.75 Å². The second kappa shape index (κ2) is 6.75. The smallest absolute Gasteiger partial charge is 0.338 e. The van der Waals surface area contributed by atoms with Gasteiger partial charge in [0.05, 0.1) is 12.2 Å². The number of carbonyl (C=O) groups excluding carboxylic acids is 1. The van der Waals surface area contributed by atoms with E-state index in [1.807, 2.05) is 0 Å². The Labute approximate surface area is 118 Å². The highest BCUT2D eigenvalue weighted by atomic mass is 16.5. The maximum Gasteiger partial charge on any atom is 0.338 e. The lowest BCUT2D eigenvalue weighted by Gasteiger charge is -2.06. The second-order valence-electron chi connectivity index (χ2n) is 4.60. The van der Waals surface area contributed by atoms with Gasteiger partial charge in [-0.05, 0) is 41.8 Å². The van der Waals surface area contributed by atoms with Crippen LogP contribution in [0.4, 0.5) is 0 Å². The fraction of sp³-hybridized carbons (Fsp3) is 0.235. The van der Waals surface area contributed by atoms with Gasteiger partial charge in [0.2, 0.25) is 0 Å². The molecule has 0 aliphatic rings. The number of esters is 1. The molecule has 3 nitrogen and oxygen atoms in total. The molecule has 0 fully saturated rings. The zero-order valence-corrected chi connectivity index (χ0v) is 11.5. The first kappa shape index (κ1) is 14.1. The van der Waals surface area contributed by atoms with E-state index in [1.54, 1.807) is 12.1 Å². The molecule has 0 aliphatic carbocycles. The molecule has 0 aromatic heterocycles. The number of carbonyl (C=O) groups is 1. The van der Waals surface area contributed by atoms with E-state index >= 15 is 0 Å². The molecule has 2 aromatic carbocycles. The summed E-state index contributed by atoms with van der Waals surface area (Å²) in [7, 11) is 0. The fourth-order valence-electron chi connectivity index (χ4n) is 1.88. The molecule has 1 N–H and O–H groups in total. The quantitative estimate of drug-likeness (QED) is 0.847. The molecule has 0 spiro atoms. The number of hydrogen-bond donors (Lipinski definition) is 1. The van der Waals surface area contributed by atoms with Crippen LogP contribution >= 0.6 is 0 Å². The van der Waals surface area contributed by atoms with Gasteiger partial charge in [0.25, 0.3) is 0 Å². The molecule has 0 aliphatic heterocycles. The molecule has 0 radical (unpaired) electrons. The van der Waals surface area contributed by atoms with Gasteiger partial charge in [-0.15, -0.1) is 0 Å². The zero-order chi connectivity index (χ0) is 14.4. The summed E-state index contributed by atoms with van der Waals surface area (Å²) in [5, 5.41) is 9.15. The number of aryl methyl sites for hydroxylation is 1. The predicted molar refractivity (Wildman–Crippen MR) is 77.9 cm³/mol. The largest absolute Gasteiger partial charge is 0.508 e. The van der Waals surface area contributed by atoms with E-state index < -0.39 is 0 Å². The third-order valence-electron chi connectivity index (χ3n) is 3.16. The van der Waals surface area contributed by atoms with Crippen LogP contribution in [0.2, 0.25) is 0 Å². The molecule has 0 atom stereocenters. The normalized spacial score (nSPS) is 10.2. The average molecular weight is 270 g/mol. The number of phenolic OH excluding ortho intramolecular Hbond substituents is 1. The van der Waals surface area contributed by atoms with Crippen LogP contribution < -0.4 is 0 Å². The number of rotatable bonds is 5. The summed E-state index contributed by atoms with van der Waals surface area (Å²) in [6, 6.07) is 14.4. The highest BCUT2D eigenvalue weighted by Crippen LogP contribution is 2.11. The lowest BCUT2D eigenvalue weighted by Crippen LogP contribution is -2.08. The van der Waals surface area contributed by atoms with E-state index in [0.29, 0.717) is 18.6 Å². The minimum Gasteiger partial charge on any atom is -0.508 e. The topological polar surface area (TPSA) is 46.5 Å². The van der Waals surface area contributed by atoms with Crippen molar-refractivity contribution in [1.29, 1.82) is 0 Å². The Bertz CT molecular complexity index is 556. The van der Waals surface area contributed by atoms with Crippen LogP contribution in [0.1, 0.15) is 28.4 Å². The Balaban J connectivity index is 1.82. The fourth-order valence-corrected chi connectivity index (χ4v) is 1.88. The molecule has 0 bridgehead atoms. The van der Waals surface area contributed by atoms with Crippen molar-refractivity contribution in [3.05, 3.63) is 65.2 Å². The van der Waals surface area contributed by atoms with Crippen molar-refractivity contribution in [2.75, 3.05) is 6.61 Å². The lowest BCUT2D eigenvalue weighted by molar-refractivity contribution is 0.0509. The summed E-state index contributed by atoms with van der Waals surface area (Å²) in [5.41, 5.74) is 2.90. The van der Waals surface area contributed by atoms with Gasteiger partial charge in [-0.3, -0.25) is 0 Å². The Morgan fingerprint density at radius 2 is 1.60 bits per heavy atom. The van der Waals surface area contributed by atoms with Gasteiger partial charge in [0.15, 0.2) is 0 Å². The summed E-state index contributed by atoms with van der Waals surface area (Å²) >= 11 is 0. The monoisotopic (exact) mass is 270 g/mol. The molecule has 3 heteroatoms. The summed E-state index contributed by atoms with van der Waals surface area (Å²) in [4.78, 5) is 11.7. The maximum atomic E-state index is 11.7. The summed E-state index contributed by atoms with van der Waals surface area (Å²) in [6.07, 6.45) is 1.73. The summed E-state index contributed by atoms with van der Waals surface area (Å²) in [6.45, 7) is 2.47. The Hall–Kier alpha value is -2.29. The Morgan fingerprint density at radius 3 is 2.20 bits per heavy atom. The number of benzene rings is 2. The van der Waals surface area contributed by atoms with E-state index in [1.165, 1.54) is 17.7 Å². The van der Waals surface area contributed by atoms with E-state index in [2.05, 4.69) is 31.2 Å². The minimum atomic E-state index is -0.366. The van der Waals surface area contributed by atoms with Crippen LogP contribution in [0.25, 0.3) is 0 Å². The molecule has 2 aromatic rings. The average Bonchev–Trinajstić information content (AvgIpc) is 2.48. The molecule has 2 rings (SSSR count). The molecule has 0 saturated carbocycles. The van der Waals surface area contributed by atoms with Gasteiger partial charge in [-0.1, -0.05) is 31.2 Å². The highest BCUT2D eigenvalue weighted by molar-refractivity contribution is 5.89. The first-order chi connectivity index (χ1) is 9.69. The molecular weight excluding hydrogens is 252 g/mol. The van der Waals surface area contributed by atoms with E-state index in [-0.39, 0.29) is 11.7 Å². The van der Waals surface area contributed by atoms with Crippen molar-refractivity contribution in [3.8, 4) is 5.75 Å². The van der Waals surface area contributed by atoms with Crippen LogP contribution in [0.15, 0.2) is 48.5 Å². The third kappa shape index (κ3) is 3.85. The number of aromatic hydroxyl groups is 1. The van der Waals surface area contributed by atoms with Crippen LogP contribution in [-0.4, -0.2) is 17.7 Å². The van der Waals surface area contributed by atoms with E-state index in [0.717, 1.165) is 12.0 Å². The molecule has 0 amide bonds. The maximum absolute atomic E-state index is 11.7. The van der Waals surface area contributed by atoms with Crippen LogP contribution in [0.3, 0.4) is 0 Å². The first-order valence-electron chi connectivity index (χ1n) is 6.73. The molecular formula is C17H18O3. The van der Waals surface area contributed by atoms with E-state index in [9.17, 15) is 4.79 Å². The van der Waals surface area contributed by atoms with Gasteiger partial charge < -0.3 is 9.84 Å².